The number of benzene rings is 1. The lowest BCUT2D eigenvalue weighted by Gasteiger charge is -2.02. The maximum atomic E-state index is 13.1. The number of phenols is 1. The second-order valence-electron chi connectivity index (χ2n) is 2.64. The molecule has 0 spiro atoms. The molecule has 0 bridgehead atoms. The van der Waals surface area contributed by atoms with E-state index in [1.807, 2.05) is 0 Å². The minimum atomic E-state index is -0.477. The van der Waals surface area contributed by atoms with Crippen LogP contribution >= 0.6 is 0 Å². The lowest BCUT2D eigenvalue weighted by molar-refractivity contribution is 0.467. The number of halogens is 1. The largest absolute Gasteiger partial charge is 0.508 e. The van der Waals surface area contributed by atoms with E-state index < -0.39 is 5.82 Å². The fraction of sp³-hybridized carbons (Fsp3) is 0.222. The lowest BCUT2D eigenvalue weighted by atomic mass is 10.1. The summed E-state index contributed by atoms with van der Waals surface area (Å²) in [5.41, 5.74) is 0.641. The Bertz CT molecular complexity index is 370. The van der Waals surface area contributed by atoms with Crippen molar-refractivity contribution in [1.82, 2.24) is 0 Å². The molecule has 1 aromatic rings. The van der Waals surface area contributed by atoms with Crippen molar-refractivity contribution in [3.05, 3.63) is 29.1 Å². The minimum Gasteiger partial charge on any atom is -0.508 e. The number of carbonyl (C=O) groups excluding carboxylic acids is 1. The average Bonchev–Trinajstić information content (AvgIpc) is 2.09. The summed E-state index contributed by atoms with van der Waals surface area (Å²) in [7, 11) is 0. The molecule has 0 aliphatic heterocycles. The highest BCUT2D eigenvalue weighted by molar-refractivity contribution is 5.38. The highest BCUT2D eigenvalue weighted by Gasteiger charge is 2.05. The van der Waals surface area contributed by atoms with Crippen LogP contribution in [0.2, 0.25) is 0 Å². The number of hydrogen-bond acceptors (Lipinski definition) is 3. The van der Waals surface area contributed by atoms with Crippen molar-refractivity contribution in [1.29, 1.82) is 0 Å². The van der Waals surface area contributed by atoms with Crippen molar-refractivity contribution in [2.45, 2.75) is 13.5 Å². The summed E-state index contributed by atoms with van der Waals surface area (Å²) in [5.74, 6) is -0.480. The van der Waals surface area contributed by atoms with Gasteiger partial charge in [0.25, 0.3) is 0 Å². The molecule has 0 aliphatic rings. The van der Waals surface area contributed by atoms with E-state index in [1.54, 1.807) is 6.92 Å². The van der Waals surface area contributed by atoms with Crippen LogP contribution in [0.5, 0.6) is 5.75 Å². The maximum absolute atomic E-state index is 13.1. The molecule has 1 N–H and O–H groups in total. The zero-order valence-corrected chi connectivity index (χ0v) is 7.04. The molecule has 0 saturated carbocycles. The first kappa shape index (κ1) is 9.42. The second-order valence-corrected chi connectivity index (χ2v) is 2.64. The molecule has 13 heavy (non-hydrogen) atoms. The summed E-state index contributed by atoms with van der Waals surface area (Å²) in [6, 6.07) is 2.45. The first-order valence-corrected chi connectivity index (χ1v) is 3.66. The van der Waals surface area contributed by atoms with E-state index >= 15 is 0 Å². The van der Waals surface area contributed by atoms with Crippen LogP contribution in [0.3, 0.4) is 0 Å². The van der Waals surface area contributed by atoms with Gasteiger partial charge < -0.3 is 5.11 Å². The molecule has 0 heterocycles. The SMILES string of the molecule is Cc1cc(F)c(CN=C=O)cc1O. The highest BCUT2D eigenvalue weighted by Crippen LogP contribution is 2.21. The van der Waals surface area contributed by atoms with Gasteiger partial charge in [0, 0.05) is 5.56 Å². The van der Waals surface area contributed by atoms with Crippen molar-refractivity contribution >= 4 is 6.08 Å². The van der Waals surface area contributed by atoms with Crippen molar-refractivity contribution in [2.24, 2.45) is 4.99 Å². The maximum Gasteiger partial charge on any atom is 0.235 e. The third-order valence-corrected chi connectivity index (χ3v) is 1.68. The van der Waals surface area contributed by atoms with Crippen molar-refractivity contribution in [2.75, 3.05) is 0 Å². The van der Waals surface area contributed by atoms with Crippen LogP contribution in [-0.2, 0) is 11.3 Å². The van der Waals surface area contributed by atoms with Gasteiger partial charge in [-0.3, -0.25) is 0 Å². The third-order valence-electron chi connectivity index (χ3n) is 1.68. The number of rotatable bonds is 2. The lowest BCUT2D eigenvalue weighted by Crippen LogP contribution is -1.89. The Morgan fingerprint density at radius 3 is 2.92 bits per heavy atom. The number of nitrogens with zero attached hydrogens (tertiary/aromatic N) is 1. The van der Waals surface area contributed by atoms with Gasteiger partial charge in [0.15, 0.2) is 0 Å². The molecule has 3 nitrogen and oxygen atoms in total. The summed E-state index contributed by atoms with van der Waals surface area (Å²) >= 11 is 0. The second kappa shape index (κ2) is 3.83. The van der Waals surface area contributed by atoms with E-state index in [-0.39, 0.29) is 17.9 Å². The topological polar surface area (TPSA) is 49.7 Å². The van der Waals surface area contributed by atoms with Gasteiger partial charge in [-0.05, 0) is 24.6 Å². The van der Waals surface area contributed by atoms with E-state index in [2.05, 4.69) is 4.99 Å². The summed E-state index contributed by atoms with van der Waals surface area (Å²) in [6.45, 7) is 1.49. The van der Waals surface area contributed by atoms with Gasteiger partial charge in [0.2, 0.25) is 6.08 Å². The first-order valence-electron chi connectivity index (χ1n) is 3.66. The molecule has 0 saturated heterocycles. The van der Waals surface area contributed by atoms with E-state index in [0.29, 0.717) is 5.56 Å². The molecular formula is C9H8FNO2. The van der Waals surface area contributed by atoms with Gasteiger partial charge in [0.05, 0.1) is 6.54 Å². The van der Waals surface area contributed by atoms with Gasteiger partial charge >= 0.3 is 0 Å². The summed E-state index contributed by atoms with van der Waals surface area (Å²) < 4.78 is 13.1. The number of hydrogen-bond donors (Lipinski definition) is 1. The molecule has 0 aromatic heterocycles. The Hall–Kier alpha value is -1.67. The number of aryl methyl sites for hydroxylation is 1. The summed E-state index contributed by atoms with van der Waals surface area (Å²) in [6.07, 6.45) is 1.30. The Balaban J connectivity index is 3.07. The zero-order valence-electron chi connectivity index (χ0n) is 7.04. The van der Waals surface area contributed by atoms with Gasteiger partial charge in [-0.25, -0.2) is 14.2 Å². The predicted molar refractivity (Wildman–Crippen MR) is 44.6 cm³/mol. The zero-order chi connectivity index (χ0) is 9.84. The normalized spacial score (nSPS) is 9.38. The van der Waals surface area contributed by atoms with Crippen molar-refractivity contribution in [3.8, 4) is 5.75 Å². The van der Waals surface area contributed by atoms with Crippen LogP contribution in [0.1, 0.15) is 11.1 Å². The first-order chi connectivity index (χ1) is 6.15. The van der Waals surface area contributed by atoms with Crippen molar-refractivity contribution < 1.29 is 14.3 Å². The molecule has 0 fully saturated rings. The van der Waals surface area contributed by atoms with Gasteiger partial charge in [-0.1, -0.05) is 0 Å². The Labute approximate surface area is 74.5 Å². The van der Waals surface area contributed by atoms with Crippen LogP contribution < -0.4 is 0 Å². The summed E-state index contributed by atoms with van der Waals surface area (Å²) in [4.78, 5) is 13.0. The molecule has 0 amide bonds. The monoisotopic (exact) mass is 181 g/mol. The van der Waals surface area contributed by atoms with Crippen LogP contribution in [0.25, 0.3) is 0 Å². The van der Waals surface area contributed by atoms with E-state index in [4.69, 9.17) is 0 Å². The fourth-order valence-corrected chi connectivity index (χ4v) is 0.943. The van der Waals surface area contributed by atoms with Gasteiger partial charge in [0.1, 0.15) is 11.6 Å². The molecule has 0 radical (unpaired) electrons. The van der Waals surface area contributed by atoms with Gasteiger partial charge in [-0.2, -0.15) is 0 Å². The summed E-state index contributed by atoms with van der Waals surface area (Å²) in [5, 5.41) is 9.22. The quantitative estimate of drug-likeness (QED) is 0.557. The van der Waals surface area contributed by atoms with E-state index in [1.165, 1.54) is 18.2 Å². The average molecular weight is 181 g/mol. The highest BCUT2D eigenvalue weighted by atomic mass is 19.1. The molecule has 4 heteroatoms. The number of phenolic OH excluding ortho intramolecular Hbond substituents is 1. The molecule has 0 aliphatic carbocycles. The molecule has 0 atom stereocenters. The molecule has 1 aromatic carbocycles. The van der Waals surface area contributed by atoms with Gasteiger partial charge in [-0.15, -0.1) is 0 Å². The van der Waals surface area contributed by atoms with E-state index in [0.717, 1.165) is 0 Å². The fourth-order valence-electron chi connectivity index (χ4n) is 0.943. The number of aromatic hydroxyl groups is 1. The number of isocyanates is 1. The Morgan fingerprint density at radius 2 is 2.31 bits per heavy atom. The van der Waals surface area contributed by atoms with Crippen molar-refractivity contribution in [3.63, 3.8) is 0 Å². The molecule has 1 rings (SSSR count). The van der Waals surface area contributed by atoms with Crippen LogP contribution in [-0.4, -0.2) is 11.2 Å². The standard InChI is InChI=1S/C9H8FNO2/c1-6-2-8(10)7(3-9(6)13)4-11-5-12/h2-3,13H,4H2,1H3. The van der Waals surface area contributed by atoms with E-state index in [9.17, 15) is 14.3 Å². The van der Waals surface area contributed by atoms with Crippen LogP contribution in [0.15, 0.2) is 17.1 Å². The minimum absolute atomic E-state index is 0.00232. The number of aliphatic imine (C=N–C) groups is 1. The van der Waals surface area contributed by atoms with Crippen LogP contribution in [0, 0.1) is 12.7 Å². The Morgan fingerprint density at radius 1 is 1.62 bits per heavy atom. The Kier molecular flexibility index (Phi) is 2.77. The molecule has 0 unspecified atom stereocenters. The molecule has 68 valence electrons. The predicted octanol–water partition coefficient (Wildman–Crippen LogP) is 1.68. The third kappa shape index (κ3) is 2.13. The van der Waals surface area contributed by atoms with Crippen LogP contribution in [0.4, 0.5) is 4.39 Å². The molecular weight excluding hydrogens is 173 g/mol. The smallest absolute Gasteiger partial charge is 0.235 e.